The van der Waals surface area contributed by atoms with Gasteiger partial charge in [-0.05, 0) is 25.7 Å². The van der Waals surface area contributed by atoms with Gasteiger partial charge in [0.25, 0.3) is 0 Å². The van der Waals surface area contributed by atoms with Crippen LogP contribution in [0.4, 0.5) is 0 Å². The highest BCUT2D eigenvalue weighted by Crippen LogP contribution is 2.22. The van der Waals surface area contributed by atoms with Crippen molar-refractivity contribution in [2.45, 2.75) is 245 Å². The Bertz CT molecular complexity index is 582. The van der Waals surface area contributed by atoms with Crippen LogP contribution in [0.15, 0.2) is 0 Å². The third kappa shape index (κ3) is 32.9. The molecule has 0 aliphatic rings. The normalized spacial score (nSPS) is 12.8. The number of primary amides is 1. The topological polar surface area (TPSA) is 80.4 Å². The van der Waals surface area contributed by atoms with Crippen LogP contribution in [0.25, 0.3) is 0 Å². The van der Waals surface area contributed by atoms with E-state index >= 15 is 0 Å². The van der Waals surface area contributed by atoms with Crippen LogP contribution in [0, 0.1) is 11.8 Å². The van der Waals surface area contributed by atoms with Crippen LogP contribution < -0.4 is 5.73 Å². The molecule has 46 heavy (non-hydrogen) atoms. The molecule has 0 heterocycles. The fourth-order valence-electron chi connectivity index (χ4n) is 7.13. The van der Waals surface area contributed by atoms with Crippen LogP contribution >= 0.6 is 0 Å². The minimum absolute atomic E-state index is 0.0180. The summed E-state index contributed by atoms with van der Waals surface area (Å²) >= 11 is 0. The second-order valence-corrected chi connectivity index (χ2v) is 14.9. The number of rotatable bonds is 39. The third-order valence-corrected chi connectivity index (χ3v) is 10.4. The summed E-state index contributed by atoms with van der Waals surface area (Å²) in [7, 11) is 0. The molecule has 0 aromatic rings. The van der Waals surface area contributed by atoms with Crippen LogP contribution in [0.1, 0.15) is 245 Å². The fraction of sp³-hybridized carbons (Fsp3) is 0.952. The number of hydrogen-bond acceptors (Lipinski definition) is 2. The van der Waals surface area contributed by atoms with Crippen molar-refractivity contribution in [3.63, 3.8) is 0 Å². The summed E-state index contributed by atoms with van der Waals surface area (Å²) in [6, 6.07) is 0. The number of amides is 1. The number of carboxylic acids is 1. The Hall–Kier alpha value is -1.06. The molecule has 4 heteroatoms. The van der Waals surface area contributed by atoms with Gasteiger partial charge in [-0.3, -0.25) is 9.59 Å². The minimum Gasteiger partial charge on any atom is -0.481 e. The Labute approximate surface area is 288 Å². The van der Waals surface area contributed by atoms with E-state index in [1.807, 2.05) is 0 Å². The number of carboxylic acid groups (broad SMARTS) is 1. The number of nitrogens with two attached hydrogens (primary N) is 1. The molecule has 0 spiro atoms. The standard InChI is InChI=1S/C42H83NO3/c1-3-5-7-9-11-13-15-17-19-21-23-25-27-31-35-39(41(43)44)36-32-29-30-34-38-40(42(45)46)37-33-28-26-24-22-20-18-16-14-12-10-8-6-4-2/h39-40H,3-38H2,1-2H3,(H2,43,44)(H,45,46). The number of unbranched alkanes of at least 4 members (excludes halogenated alkanes) is 29. The van der Waals surface area contributed by atoms with Gasteiger partial charge >= 0.3 is 5.97 Å². The van der Waals surface area contributed by atoms with Crippen LogP contribution in [0.2, 0.25) is 0 Å². The van der Waals surface area contributed by atoms with E-state index < -0.39 is 5.97 Å². The van der Waals surface area contributed by atoms with E-state index in [0.717, 1.165) is 64.2 Å². The third-order valence-electron chi connectivity index (χ3n) is 10.4. The van der Waals surface area contributed by atoms with Gasteiger partial charge < -0.3 is 10.8 Å². The first-order valence-electron chi connectivity index (χ1n) is 21.0. The lowest BCUT2D eigenvalue weighted by Gasteiger charge is -2.14. The first kappa shape index (κ1) is 44.9. The highest BCUT2D eigenvalue weighted by Gasteiger charge is 2.17. The molecular formula is C42H83NO3. The molecule has 0 bridgehead atoms. The monoisotopic (exact) mass is 650 g/mol. The highest BCUT2D eigenvalue weighted by atomic mass is 16.4. The quantitative estimate of drug-likeness (QED) is 0.0650. The molecule has 0 saturated carbocycles. The van der Waals surface area contributed by atoms with Crippen LogP contribution in [0.5, 0.6) is 0 Å². The van der Waals surface area contributed by atoms with E-state index in [9.17, 15) is 14.7 Å². The maximum atomic E-state index is 12.0. The summed E-state index contributed by atoms with van der Waals surface area (Å²) in [5.41, 5.74) is 5.73. The largest absolute Gasteiger partial charge is 0.481 e. The summed E-state index contributed by atoms with van der Waals surface area (Å²) in [5, 5.41) is 9.69. The van der Waals surface area contributed by atoms with Gasteiger partial charge in [-0.2, -0.15) is 0 Å². The molecule has 2 atom stereocenters. The molecule has 0 aromatic carbocycles. The van der Waals surface area contributed by atoms with Crippen molar-refractivity contribution in [3.05, 3.63) is 0 Å². The van der Waals surface area contributed by atoms with Gasteiger partial charge in [-0.15, -0.1) is 0 Å². The summed E-state index contributed by atoms with van der Waals surface area (Å²) in [4.78, 5) is 23.8. The smallest absolute Gasteiger partial charge is 0.306 e. The van der Waals surface area contributed by atoms with Crippen LogP contribution in [0.3, 0.4) is 0 Å². The van der Waals surface area contributed by atoms with E-state index in [-0.39, 0.29) is 17.7 Å². The molecule has 0 aromatic heterocycles. The van der Waals surface area contributed by atoms with Gasteiger partial charge in [0, 0.05) is 5.92 Å². The molecule has 274 valence electrons. The SMILES string of the molecule is CCCCCCCCCCCCCCCCC(CCCCCCC(CCCCCCCCCCCCCCCC)C(=O)O)C(N)=O. The van der Waals surface area contributed by atoms with Gasteiger partial charge in [0.2, 0.25) is 5.91 Å². The first-order chi connectivity index (χ1) is 22.5. The summed E-state index contributed by atoms with van der Waals surface area (Å²) in [6.45, 7) is 4.56. The van der Waals surface area contributed by atoms with Crippen molar-refractivity contribution < 1.29 is 14.7 Å². The lowest BCUT2D eigenvalue weighted by atomic mass is 9.92. The van der Waals surface area contributed by atoms with Crippen molar-refractivity contribution in [3.8, 4) is 0 Å². The van der Waals surface area contributed by atoms with Crippen molar-refractivity contribution in [1.82, 2.24) is 0 Å². The summed E-state index contributed by atoms with van der Waals surface area (Å²) in [6.07, 6.45) is 45.2. The molecule has 2 unspecified atom stereocenters. The Morgan fingerprint density at radius 2 is 0.565 bits per heavy atom. The second kappa shape index (κ2) is 36.8. The van der Waals surface area contributed by atoms with E-state index in [4.69, 9.17) is 5.73 Å². The van der Waals surface area contributed by atoms with Crippen molar-refractivity contribution in [2.24, 2.45) is 17.6 Å². The van der Waals surface area contributed by atoms with Gasteiger partial charge in [-0.1, -0.05) is 219 Å². The van der Waals surface area contributed by atoms with Crippen LogP contribution in [-0.2, 0) is 9.59 Å². The lowest BCUT2D eigenvalue weighted by Crippen LogP contribution is -2.23. The van der Waals surface area contributed by atoms with Crippen molar-refractivity contribution in [1.29, 1.82) is 0 Å². The molecule has 4 nitrogen and oxygen atoms in total. The maximum Gasteiger partial charge on any atom is 0.306 e. The van der Waals surface area contributed by atoms with E-state index in [1.165, 1.54) is 167 Å². The van der Waals surface area contributed by atoms with Gasteiger partial charge in [0.1, 0.15) is 0 Å². The van der Waals surface area contributed by atoms with Crippen molar-refractivity contribution >= 4 is 11.9 Å². The average Bonchev–Trinajstić information content (AvgIpc) is 3.04. The maximum absolute atomic E-state index is 12.0. The number of carbonyl (C=O) groups is 2. The molecule has 0 radical (unpaired) electrons. The zero-order chi connectivity index (χ0) is 33.8. The Morgan fingerprint density at radius 3 is 0.761 bits per heavy atom. The zero-order valence-corrected chi connectivity index (χ0v) is 31.5. The average molecular weight is 650 g/mol. The fourth-order valence-corrected chi connectivity index (χ4v) is 7.13. The lowest BCUT2D eigenvalue weighted by molar-refractivity contribution is -0.142. The van der Waals surface area contributed by atoms with E-state index in [0.29, 0.717) is 0 Å². The van der Waals surface area contributed by atoms with Crippen molar-refractivity contribution in [2.75, 3.05) is 0 Å². The van der Waals surface area contributed by atoms with Crippen LogP contribution in [-0.4, -0.2) is 17.0 Å². The zero-order valence-electron chi connectivity index (χ0n) is 31.5. The molecule has 0 aliphatic heterocycles. The predicted molar refractivity (Wildman–Crippen MR) is 201 cm³/mol. The Balaban J connectivity index is 3.67. The van der Waals surface area contributed by atoms with Gasteiger partial charge in [0.15, 0.2) is 0 Å². The van der Waals surface area contributed by atoms with Gasteiger partial charge in [-0.25, -0.2) is 0 Å². The van der Waals surface area contributed by atoms with Gasteiger partial charge in [0.05, 0.1) is 5.92 Å². The second-order valence-electron chi connectivity index (χ2n) is 14.9. The Morgan fingerprint density at radius 1 is 0.370 bits per heavy atom. The predicted octanol–water partition coefficient (Wildman–Crippen LogP) is 13.9. The van der Waals surface area contributed by atoms with E-state index in [2.05, 4.69) is 13.8 Å². The molecule has 0 saturated heterocycles. The number of aliphatic carboxylic acids is 1. The molecule has 1 amide bonds. The molecule has 0 rings (SSSR count). The molecule has 3 N–H and O–H groups in total. The summed E-state index contributed by atoms with van der Waals surface area (Å²) in [5.74, 6) is -0.911. The molecule has 0 aliphatic carbocycles. The molecular weight excluding hydrogens is 566 g/mol. The van der Waals surface area contributed by atoms with E-state index in [1.54, 1.807) is 0 Å². The number of hydrogen-bond donors (Lipinski definition) is 2. The summed E-state index contributed by atoms with van der Waals surface area (Å²) < 4.78 is 0. The highest BCUT2D eigenvalue weighted by molar-refractivity contribution is 5.76. The molecule has 0 fully saturated rings. The Kier molecular flexibility index (Phi) is 35.9. The first-order valence-corrected chi connectivity index (χ1v) is 21.0. The number of carbonyl (C=O) groups excluding carboxylic acids is 1. The minimum atomic E-state index is -0.614.